The predicted octanol–water partition coefficient (Wildman–Crippen LogP) is 3.12. The maximum Gasteiger partial charge on any atom is 0.0754 e. The van der Waals surface area contributed by atoms with Crippen LogP contribution in [0, 0.1) is 0 Å². The Labute approximate surface area is 134 Å². The summed E-state index contributed by atoms with van der Waals surface area (Å²) in [6.45, 7) is 1.91. The summed E-state index contributed by atoms with van der Waals surface area (Å²) in [5, 5.41) is 15.5. The molecule has 114 valence electrons. The van der Waals surface area contributed by atoms with E-state index in [1.807, 2.05) is 25.1 Å². The molecule has 1 N–H and O–H groups in total. The first-order valence-corrected chi connectivity index (χ1v) is 7.28. The molecule has 0 heterocycles. The van der Waals surface area contributed by atoms with Crippen molar-refractivity contribution in [2.24, 2.45) is 5.10 Å². The average molecular weight is 316 g/mol. The van der Waals surface area contributed by atoms with Gasteiger partial charge in [-0.2, -0.15) is 5.10 Å². The topological polar surface area (TPSA) is 64.5 Å². The smallest absolute Gasteiger partial charge is 0.0754 e. The number of hydrogen-bond donors (Lipinski definition) is 1. The van der Waals surface area contributed by atoms with Crippen molar-refractivity contribution in [1.29, 1.82) is 0 Å². The zero-order chi connectivity index (χ0) is 15.9. The molecule has 0 saturated carbocycles. The van der Waals surface area contributed by atoms with Crippen LogP contribution in [-0.4, -0.2) is 11.7 Å². The van der Waals surface area contributed by atoms with Crippen LogP contribution in [0.3, 0.4) is 0 Å². The summed E-state index contributed by atoms with van der Waals surface area (Å²) >= 11 is 6.01. The van der Waals surface area contributed by atoms with E-state index in [2.05, 4.69) is 22.7 Å². The van der Waals surface area contributed by atoms with Crippen LogP contribution in [-0.2, 0) is 6.42 Å². The molecule has 2 aromatic carbocycles. The number of nitrogens with zero attached hydrogens (tertiary/aromatic N) is 1. The first-order chi connectivity index (χ1) is 10.6. The fourth-order valence-corrected chi connectivity index (χ4v) is 2.08. The fraction of sp³-hybridized carbons (Fsp3) is 0.176. The molecule has 0 atom stereocenters. The quantitative estimate of drug-likeness (QED) is 0.658. The highest BCUT2D eigenvalue weighted by molar-refractivity contribution is 6.33. The van der Waals surface area contributed by atoms with Crippen LogP contribution in [0.2, 0.25) is 5.02 Å². The summed E-state index contributed by atoms with van der Waals surface area (Å²) in [6.07, 6.45) is 1.69. The number of benzene rings is 2. The first-order valence-electron chi connectivity index (χ1n) is 6.90. The molecule has 0 unspecified atom stereocenters. The normalized spacial score (nSPS) is 11.3. The van der Waals surface area contributed by atoms with Crippen LogP contribution < -0.4 is 10.5 Å². The van der Waals surface area contributed by atoms with Crippen molar-refractivity contribution in [2.45, 2.75) is 19.8 Å². The molecule has 0 aromatic heterocycles. The van der Waals surface area contributed by atoms with Crippen molar-refractivity contribution < 1.29 is 9.90 Å². The number of aromatic carboxylic acids is 1. The summed E-state index contributed by atoms with van der Waals surface area (Å²) < 4.78 is 0. The number of aryl methyl sites for hydroxylation is 1. The Morgan fingerprint density at radius 2 is 1.95 bits per heavy atom. The van der Waals surface area contributed by atoms with Gasteiger partial charge in [-0.3, -0.25) is 5.43 Å². The number of carbonyl (C=O) groups is 1. The number of carboxylic acid groups (broad SMARTS) is 1. The molecule has 2 rings (SSSR count). The second kappa shape index (κ2) is 7.61. The molecule has 0 aliphatic heterocycles. The van der Waals surface area contributed by atoms with Gasteiger partial charge in [0.15, 0.2) is 0 Å². The summed E-state index contributed by atoms with van der Waals surface area (Å²) in [7, 11) is 0. The van der Waals surface area contributed by atoms with E-state index in [0.717, 1.165) is 18.6 Å². The highest BCUT2D eigenvalue weighted by atomic mass is 35.5. The van der Waals surface area contributed by atoms with Crippen molar-refractivity contribution in [2.75, 3.05) is 5.43 Å². The van der Waals surface area contributed by atoms with Crippen LogP contribution in [0.15, 0.2) is 53.6 Å². The molecule has 2 aromatic rings. The fourth-order valence-electron chi connectivity index (χ4n) is 1.92. The van der Waals surface area contributed by atoms with E-state index in [9.17, 15) is 9.90 Å². The average Bonchev–Trinajstić information content (AvgIpc) is 2.53. The van der Waals surface area contributed by atoms with E-state index in [-0.39, 0.29) is 5.56 Å². The minimum Gasteiger partial charge on any atom is -0.545 e. The van der Waals surface area contributed by atoms with Gasteiger partial charge in [0.2, 0.25) is 0 Å². The molecule has 0 saturated heterocycles. The van der Waals surface area contributed by atoms with Gasteiger partial charge < -0.3 is 9.90 Å². The summed E-state index contributed by atoms with van der Waals surface area (Å²) in [4.78, 5) is 10.8. The number of hydrazone groups is 1. The zero-order valence-electron chi connectivity index (χ0n) is 12.2. The number of anilines is 1. The van der Waals surface area contributed by atoms with Gasteiger partial charge in [-0.15, -0.1) is 0 Å². The van der Waals surface area contributed by atoms with Gasteiger partial charge in [0, 0.05) is 5.71 Å². The van der Waals surface area contributed by atoms with Crippen LogP contribution in [0.25, 0.3) is 0 Å². The molecule has 4 nitrogen and oxygen atoms in total. The summed E-state index contributed by atoms with van der Waals surface area (Å²) in [5.41, 5.74) is 5.46. The predicted molar refractivity (Wildman–Crippen MR) is 87.3 cm³/mol. The highest BCUT2D eigenvalue weighted by Gasteiger charge is 2.02. The van der Waals surface area contributed by atoms with Crippen LogP contribution in [0.1, 0.15) is 29.3 Å². The number of carbonyl (C=O) groups excluding carboxylic acids is 1. The third kappa shape index (κ3) is 4.60. The molecule has 0 aliphatic carbocycles. The van der Waals surface area contributed by atoms with Gasteiger partial charge in [-0.1, -0.05) is 48.0 Å². The maximum absolute atomic E-state index is 10.8. The second-order valence-electron chi connectivity index (χ2n) is 4.93. The van der Waals surface area contributed by atoms with E-state index in [1.165, 1.54) is 23.8 Å². The Hall–Kier alpha value is -2.33. The van der Waals surface area contributed by atoms with Crippen molar-refractivity contribution in [3.8, 4) is 0 Å². The van der Waals surface area contributed by atoms with Crippen molar-refractivity contribution in [3.05, 3.63) is 64.7 Å². The third-order valence-electron chi connectivity index (χ3n) is 3.19. The maximum atomic E-state index is 10.8. The first kappa shape index (κ1) is 16.0. The van der Waals surface area contributed by atoms with Crippen LogP contribution in [0.4, 0.5) is 5.69 Å². The standard InChI is InChI=1S/C17H17ClN2O2/c1-12(7-8-13-5-3-2-4-6-13)19-20-16-11-14(17(21)22)9-10-15(16)18/h2-6,9-11,20H,7-8H2,1H3,(H,21,22)/p-1/b19-12-. The van der Waals surface area contributed by atoms with Gasteiger partial charge in [0.25, 0.3) is 0 Å². The van der Waals surface area contributed by atoms with E-state index < -0.39 is 5.97 Å². The molecule has 0 aliphatic rings. The Morgan fingerprint density at radius 1 is 1.23 bits per heavy atom. The van der Waals surface area contributed by atoms with Gasteiger partial charge in [0.1, 0.15) is 0 Å². The molecule has 0 fully saturated rings. The number of hydrogen-bond acceptors (Lipinski definition) is 4. The van der Waals surface area contributed by atoms with Crippen LogP contribution >= 0.6 is 11.6 Å². The lowest BCUT2D eigenvalue weighted by molar-refractivity contribution is -0.255. The molecule has 5 heteroatoms. The van der Waals surface area contributed by atoms with Crippen molar-refractivity contribution in [1.82, 2.24) is 0 Å². The van der Waals surface area contributed by atoms with E-state index in [4.69, 9.17) is 11.6 Å². The van der Waals surface area contributed by atoms with E-state index in [1.54, 1.807) is 0 Å². The van der Waals surface area contributed by atoms with Crippen molar-refractivity contribution >= 4 is 29.0 Å². The minimum absolute atomic E-state index is 0.0593. The Morgan fingerprint density at radius 3 is 2.64 bits per heavy atom. The second-order valence-corrected chi connectivity index (χ2v) is 5.33. The lowest BCUT2D eigenvalue weighted by Crippen LogP contribution is -2.22. The van der Waals surface area contributed by atoms with Crippen molar-refractivity contribution in [3.63, 3.8) is 0 Å². The van der Waals surface area contributed by atoms with Gasteiger partial charge in [-0.25, -0.2) is 0 Å². The molecular formula is C17H16ClN2O2-. The number of rotatable bonds is 6. The lowest BCUT2D eigenvalue weighted by Gasteiger charge is -2.09. The Bertz CT molecular complexity index is 684. The molecule has 0 spiro atoms. The van der Waals surface area contributed by atoms with Gasteiger partial charge in [0.05, 0.1) is 16.7 Å². The van der Waals surface area contributed by atoms with Gasteiger partial charge >= 0.3 is 0 Å². The summed E-state index contributed by atoms with van der Waals surface area (Å²) in [5.74, 6) is -1.25. The third-order valence-corrected chi connectivity index (χ3v) is 3.52. The lowest BCUT2D eigenvalue weighted by atomic mass is 10.1. The number of halogens is 1. The molecule has 22 heavy (non-hydrogen) atoms. The Kier molecular flexibility index (Phi) is 5.55. The number of carboxylic acids is 1. The largest absolute Gasteiger partial charge is 0.545 e. The highest BCUT2D eigenvalue weighted by Crippen LogP contribution is 2.23. The monoisotopic (exact) mass is 315 g/mol. The molecular weight excluding hydrogens is 300 g/mol. The molecule has 0 amide bonds. The van der Waals surface area contributed by atoms with E-state index in [0.29, 0.717) is 10.7 Å². The summed E-state index contributed by atoms with van der Waals surface area (Å²) in [6, 6.07) is 14.4. The van der Waals surface area contributed by atoms with Crippen LogP contribution in [0.5, 0.6) is 0 Å². The number of nitrogens with one attached hydrogen (secondary N) is 1. The minimum atomic E-state index is -1.25. The zero-order valence-corrected chi connectivity index (χ0v) is 12.9. The molecule has 0 bridgehead atoms. The Balaban J connectivity index is 1.98. The van der Waals surface area contributed by atoms with Gasteiger partial charge in [-0.05, 0) is 43.0 Å². The van der Waals surface area contributed by atoms with E-state index >= 15 is 0 Å². The SMILES string of the molecule is C/C(CCc1ccccc1)=N/Nc1cc(C(=O)[O-])ccc1Cl. The molecule has 0 radical (unpaired) electrons.